The lowest BCUT2D eigenvalue weighted by Gasteiger charge is -1.93. The molecule has 13 heavy (non-hydrogen) atoms. The van der Waals surface area contributed by atoms with E-state index in [1.165, 1.54) is 23.5 Å². The summed E-state index contributed by atoms with van der Waals surface area (Å²) in [4.78, 5) is 0. The molecule has 1 N–H and O–H groups in total. The van der Waals surface area contributed by atoms with Crippen LogP contribution in [0.1, 0.15) is 0 Å². The number of hydrogen-bond acceptors (Lipinski definition) is 3. The lowest BCUT2D eigenvalue weighted by molar-refractivity contribution is 0.628. The fourth-order valence-corrected chi connectivity index (χ4v) is 1.86. The minimum Gasteiger partial charge on any atom is -0.258 e. The van der Waals surface area contributed by atoms with E-state index in [0.29, 0.717) is 8.96 Å². The van der Waals surface area contributed by atoms with Crippen molar-refractivity contribution in [3.8, 4) is 10.6 Å². The van der Waals surface area contributed by atoms with Gasteiger partial charge in [0.15, 0.2) is 3.95 Å². The molecule has 0 amide bonds. The first-order valence-electron chi connectivity index (χ1n) is 3.57. The van der Waals surface area contributed by atoms with Gasteiger partial charge in [-0.3, -0.25) is 5.10 Å². The van der Waals surface area contributed by atoms with Gasteiger partial charge in [0, 0.05) is 5.56 Å². The molecular weight excluding hydrogens is 207 g/mol. The van der Waals surface area contributed by atoms with E-state index >= 15 is 0 Å². The maximum atomic E-state index is 12.8. The van der Waals surface area contributed by atoms with Crippen molar-refractivity contribution < 1.29 is 4.39 Å². The molecule has 0 atom stereocenters. The van der Waals surface area contributed by atoms with Gasteiger partial charge in [-0.25, -0.2) is 4.39 Å². The third-order valence-corrected chi connectivity index (χ3v) is 2.65. The molecule has 0 saturated carbocycles. The normalized spacial score (nSPS) is 10.2. The SMILES string of the molecule is Fc1cccc(-c2n[nH]c(=S)s2)c1. The molecule has 1 aromatic carbocycles. The Morgan fingerprint density at radius 3 is 2.92 bits per heavy atom. The first-order valence-corrected chi connectivity index (χ1v) is 4.79. The van der Waals surface area contributed by atoms with Gasteiger partial charge in [-0.05, 0) is 24.4 Å². The van der Waals surface area contributed by atoms with E-state index in [-0.39, 0.29) is 5.82 Å². The fourth-order valence-electron chi connectivity index (χ4n) is 0.975. The number of H-pyrrole nitrogens is 1. The molecule has 5 heteroatoms. The average molecular weight is 212 g/mol. The summed E-state index contributed by atoms with van der Waals surface area (Å²) in [5.41, 5.74) is 0.748. The van der Waals surface area contributed by atoms with Crippen molar-refractivity contribution in [2.75, 3.05) is 0 Å². The van der Waals surface area contributed by atoms with E-state index in [1.54, 1.807) is 12.1 Å². The third-order valence-electron chi connectivity index (χ3n) is 1.51. The second kappa shape index (κ2) is 3.35. The highest BCUT2D eigenvalue weighted by Crippen LogP contribution is 2.21. The van der Waals surface area contributed by atoms with Gasteiger partial charge >= 0.3 is 0 Å². The number of rotatable bonds is 1. The molecule has 0 saturated heterocycles. The number of aromatic amines is 1. The van der Waals surface area contributed by atoms with Crippen LogP contribution < -0.4 is 0 Å². The Kier molecular flexibility index (Phi) is 2.20. The summed E-state index contributed by atoms with van der Waals surface area (Å²) in [5, 5.41) is 7.31. The summed E-state index contributed by atoms with van der Waals surface area (Å²) in [5.74, 6) is -0.265. The van der Waals surface area contributed by atoms with E-state index in [2.05, 4.69) is 10.2 Å². The number of hydrogen-bond donors (Lipinski definition) is 1. The minimum absolute atomic E-state index is 0.265. The first-order chi connectivity index (χ1) is 6.25. The number of nitrogens with zero attached hydrogens (tertiary/aromatic N) is 1. The van der Waals surface area contributed by atoms with Gasteiger partial charge in [0.1, 0.15) is 10.8 Å². The van der Waals surface area contributed by atoms with Crippen LogP contribution in [0.5, 0.6) is 0 Å². The van der Waals surface area contributed by atoms with Crippen LogP contribution in [0.4, 0.5) is 4.39 Å². The predicted octanol–water partition coefficient (Wildman–Crippen LogP) is 3.01. The highest BCUT2D eigenvalue weighted by Gasteiger charge is 2.01. The molecule has 2 nitrogen and oxygen atoms in total. The lowest BCUT2D eigenvalue weighted by atomic mass is 10.2. The zero-order chi connectivity index (χ0) is 9.26. The summed E-state index contributed by atoms with van der Waals surface area (Å²) >= 11 is 6.20. The van der Waals surface area contributed by atoms with Gasteiger partial charge in [-0.15, -0.1) is 0 Å². The molecule has 1 aromatic heterocycles. The Bertz CT molecular complexity index is 475. The monoisotopic (exact) mass is 212 g/mol. The van der Waals surface area contributed by atoms with Gasteiger partial charge in [0.2, 0.25) is 0 Å². The van der Waals surface area contributed by atoms with Crippen molar-refractivity contribution in [2.45, 2.75) is 0 Å². The largest absolute Gasteiger partial charge is 0.258 e. The maximum Gasteiger partial charge on any atom is 0.176 e. The standard InChI is InChI=1S/C8H5FN2S2/c9-6-3-1-2-5(4-6)7-10-11-8(12)13-7/h1-4H,(H,11,12). The molecule has 0 bridgehead atoms. The summed E-state index contributed by atoms with van der Waals surface area (Å²) < 4.78 is 13.4. The zero-order valence-corrected chi connectivity index (χ0v) is 8.08. The van der Waals surface area contributed by atoms with E-state index in [1.807, 2.05) is 0 Å². The third kappa shape index (κ3) is 1.81. The smallest absolute Gasteiger partial charge is 0.176 e. The van der Waals surface area contributed by atoms with Gasteiger partial charge in [0.05, 0.1) is 0 Å². The zero-order valence-electron chi connectivity index (χ0n) is 6.45. The summed E-state index contributed by atoms with van der Waals surface area (Å²) in [6.07, 6.45) is 0. The Balaban J connectivity index is 2.52. The molecule has 0 aliphatic carbocycles. The predicted molar refractivity (Wildman–Crippen MR) is 52.7 cm³/mol. The van der Waals surface area contributed by atoms with Crippen LogP contribution >= 0.6 is 23.6 Å². The molecule has 0 spiro atoms. The van der Waals surface area contributed by atoms with Crippen LogP contribution in [-0.2, 0) is 0 Å². The highest BCUT2D eigenvalue weighted by atomic mass is 32.1. The van der Waals surface area contributed by atoms with Crippen molar-refractivity contribution in [2.24, 2.45) is 0 Å². The van der Waals surface area contributed by atoms with Gasteiger partial charge in [-0.1, -0.05) is 23.5 Å². The van der Waals surface area contributed by atoms with Gasteiger partial charge in [0.25, 0.3) is 0 Å². The van der Waals surface area contributed by atoms with E-state index in [9.17, 15) is 4.39 Å². The number of aromatic nitrogens is 2. The van der Waals surface area contributed by atoms with Crippen LogP contribution in [0, 0.1) is 9.77 Å². The maximum absolute atomic E-state index is 12.8. The van der Waals surface area contributed by atoms with Crippen LogP contribution in [0.15, 0.2) is 24.3 Å². The topological polar surface area (TPSA) is 28.7 Å². The Morgan fingerprint density at radius 1 is 1.46 bits per heavy atom. The van der Waals surface area contributed by atoms with Crippen LogP contribution in [0.2, 0.25) is 0 Å². The molecule has 66 valence electrons. The second-order valence-corrected chi connectivity index (χ2v) is 4.09. The average Bonchev–Trinajstić information content (AvgIpc) is 2.52. The summed E-state index contributed by atoms with van der Waals surface area (Å²) in [6.45, 7) is 0. The molecule has 0 aliphatic rings. The number of benzene rings is 1. The lowest BCUT2D eigenvalue weighted by Crippen LogP contribution is -1.78. The quantitative estimate of drug-likeness (QED) is 0.736. The van der Waals surface area contributed by atoms with Crippen molar-refractivity contribution in [3.63, 3.8) is 0 Å². The summed E-state index contributed by atoms with van der Waals surface area (Å²) in [6, 6.07) is 6.27. The van der Waals surface area contributed by atoms with Crippen LogP contribution in [-0.4, -0.2) is 10.2 Å². The molecule has 0 fully saturated rings. The highest BCUT2D eigenvalue weighted by molar-refractivity contribution is 7.73. The molecule has 0 aliphatic heterocycles. The summed E-state index contributed by atoms with van der Waals surface area (Å²) in [7, 11) is 0. The van der Waals surface area contributed by atoms with E-state index in [4.69, 9.17) is 12.2 Å². The van der Waals surface area contributed by atoms with Crippen LogP contribution in [0.3, 0.4) is 0 Å². The Labute approximate surface area is 83.1 Å². The number of halogens is 1. The van der Waals surface area contributed by atoms with Gasteiger partial charge in [-0.2, -0.15) is 5.10 Å². The Morgan fingerprint density at radius 2 is 2.31 bits per heavy atom. The molecule has 0 radical (unpaired) electrons. The van der Waals surface area contributed by atoms with Crippen molar-refractivity contribution >= 4 is 23.6 Å². The molecular formula is C8H5FN2S2. The van der Waals surface area contributed by atoms with Crippen molar-refractivity contribution in [1.82, 2.24) is 10.2 Å². The van der Waals surface area contributed by atoms with Crippen LogP contribution in [0.25, 0.3) is 10.6 Å². The fraction of sp³-hybridized carbons (Fsp3) is 0. The second-order valence-electron chi connectivity index (χ2n) is 2.43. The van der Waals surface area contributed by atoms with E-state index in [0.717, 1.165) is 5.56 Å². The first kappa shape index (κ1) is 8.52. The molecule has 2 rings (SSSR count). The van der Waals surface area contributed by atoms with Gasteiger partial charge < -0.3 is 0 Å². The Hall–Kier alpha value is -1.07. The number of nitrogens with one attached hydrogen (secondary N) is 1. The molecule has 1 heterocycles. The van der Waals surface area contributed by atoms with Crippen molar-refractivity contribution in [3.05, 3.63) is 34.0 Å². The molecule has 0 unspecified atom stereocenters. The molecule has 2 aromatic rings. The van der Waals surface area contributed by atoms with E-state index < -0.39 is 0 Å². The minimum atomic E-state index is -0.265. The van der Waals surface area contributed by atoms with Crippen molar-refractivity contribution in [1.29, 1.82) is 0 Å².